The standard InChI is InChI=1S/C12H14O3/c13-8-11-3-1-10(2-4-11)7-12(14)5-6-15-9-12/h1-4,8,14H,5-7,9H2. The Morgan fingerprint density at radius 2 is 2.13 bits per heavy atom. The van der Waals surface area contributed by atoms with Crippen molar-refractivity contribution in [3.05, 3.63) is 35.4 Å². The molecule has 15 heavy (non-hydrogen) atoms. The van der Waals surface area contributed by atoms with Gasteiger partial charge in [0.05, 0.1) is 12.2 Å². The van der Waals surface area contributed by atoms with E-state index in [4.69, 9.17) is 4.74 Å². The van der Waals surface area contributed by atoms with Crippen molar-refractivity contribution in [2.45, 2.75) is 18.4 Å². The van der Waals surface area contributed by atoms with Crippen molar-refractivity contribution < 1.29 is 14.6 Å². The maximum Gasteiger partial charge on any atom is 0.150 e. The number of aldehydes is 1. The van der Waals surface area contributed by atoms with Crippen molar-refractivity contribution in [1.82, 2.24) is 0 Å². The molecule has 1 aliphatic heterocycles. The average molecular weight is 206 g/mol. The van der Waals surface area contributed by atoms with E-state index in [1.165, 1.54) is 0 Å². The van der Waals surface area contributed by atoms with Crippen molar-refractivity contribution in [2.24, 2.45) is 0 Å². The molecule has 3 nitrogen and oxygen atoms in total. The second kappa shape index (κ2) is 4.13. The molecule has 1 heterocycles. The first-order valence-corrected chi connectivity index (χ1v) is 5.06. The SMILES string of the molecule is O=Cc1ccc(CC2(O)CCOC2)cc1. The summed E-state index contributed by atoms with van der Waals surface area (Å²) in [7, 11) is 0. The summed E-state index contributed by atoms with van der Waals surface area (Å²) in [6.07, 6.45) is 2.09. The van der Waals surface area contributed by atoms with E-state index < -0.39 is 5.60 Å². The molecule has 1 aromatic carbocycles. The van der Waals surface area contributed by atoms with E-state index >= 15 is 0 Å². The molecule has 80 valence electrons. The smallest absolute Gasteiger partial charge is 0.150 e. The summed E-state index contributed by atoms with van der Waals surface area (Å²) in [5, 5.41) is 10.1. The first-order valence-electron chi connectivity index (χ1n) is 5.06. The lowest BCUT2D eigenvalue weighted by atomic mass is 9.93. The Balaban J connectivity index is 2.07. The van der Waals surface area contributed by atoms with E-state index in [2.05, 4.69) is 0 Å². The Kier molecular flexibility index (Phi) is 2.84. The van der Waals surface area contributed by atoms with Crippen molar-refractivity contribution in [2.75, 3.05) is 13.2 Å². The van der Waals surface area contributed by atoms with Gasteiger partial charge in [-0.3, -0.25) is 4.79 Å². The van der Waals surface area contributed by atoms with Crippen molar-refractivity contribution in [3.63, 3.8) is 0 Å². The highest BCUT2D eigenvalue weighted by Crippen LogP contribution is 2.23. The van der Waals surface area contributed by atoms with Gasteiger partial charge >= 0.3 is 0 Å². The maximum atomic E-state index is 10.5. The van der Waals surface area contributed by atoms with Crippen molar-refractivity contribution in [3.8, 4) is 0 Å². The van der Waals surface area contributed by atoms with Gasteiger partial charge in [-0.25, -0.2) is 0 Å². The summed E-state index contributed by atoms with van der Waals surface area (Å²) < 4.78 is 5.17. The molecule has 1 aliphatic rings. The number of carbonyl (C=O) groups is 1. The number of carbonyl (C=O) groups excluding carboxylic acids is 1. The Hall–Kier alpha value is -1.19. The minimum atomic E-state index is -0.720. The number of aliphatic hydroxyl groups is 1. The minimum absolute atomic E-state index is 0.405. The topological polar surface area (TPSA) is 46.5 Å². The maximum absolute atomic E-state index is 10.5. The van der Waals surface area contributed by atoms with Crippen LogP contribution in [-0.2, 0) is 11.2 Å². The summed E-state index contributed by atoms with van der Waals surface area (Å²) in [4.78, 5) is 10.5. The molecule has 1 unspecified atom stereocenters. The van der Waals surface area contributed by atoms with Gasteiger partial charge in [0.1, 0.15) is 6.29 Å². The Labute approximate surface area is 88.7 Å². The van der Waals surface area contributed by atoms with Crippen LogP contribution in [0.2, 0.25) is 0 Å². The highest BCUT2D eigenvalue weighted by molar-refractivity contribution is 5.74. The van der Waals surface area contributed by atoms with Gasteiger partial charge in [0.2, 0.25) is 0 Å². The van der Waals surface area contributed by atoms with Crippen LogP contribution in [0.3, 0.4) is 0 Å². The quantitative estimate of drug-likeness (QED) is 0.756. The molecule has 1 saturated heterocycles. The van der Waals surface area contributed by atoms with E-state index in [1.54, 1.807) is 12.1 Å². The van der Waals surface area contributed by atoms with Gasteiger partial charge in [-0.15, -0.1) is 0 Å². The zero-order chi connectivity index (χ0) is 10.7. The number of rotatable bonds is 3. The zero-order valence-corrected chi connectivity index (χ0v) is 8.48. The Bertz CT molecular complexity index is 336. The molecule has 1 aromatic rings. The van der Waals surface area contributed by atoms with Gasteiger partial charge in [0, 0.05) is 25.0 Å². The van der Waals surface area contributed by atoms with Gasteiger partial charge in [-0.05, 0) is 5.56 Å². The summed E-state index contributed by atoms with van der Waals surface area (Å²) in [6.45, 7) is 1.03. The predicted octanol–water partition coefficient (Wildman–Crippen LogP) is 1.19. The van der Waals surface area contributed by atoms with Gasteiger partial charge in [0.15, 0.2) is 0 Å². The summed E-state index contributed by atoms with van der Waals surface area (Å²) in [5.74, 6) is 0. The first-order chi connectivity index (χ1) is 7.22. The molecule has 1 N–H and O–H groups in total. The monoisotopic (exact) mass is 206 g/mol. The van der Waals surface area contributed by atoms with Crippen LogP contribution in [0.1, 0.15) is 22.3 Å². The van der Waals surface area contributed by atoms with E-state index in [0.717, 1.165) is 11.8 Å². The van der Waals surface area contributed by atoms with Gasteiger partial charge in [-0.1, -0.05) is 24.3 Å². The number of hydrogen-bond acceptors (Lipinski definition) is 3. The van der Waals surface area contributed by atoms with Gasteiger partial charge in [0.25, 0.3) is 0 Å². The lowest BCUT2D eigenvalue weighted by molar-refractivity contribution is 0.0270. The second-order valence-corrected chi connectivity index (χ2v) is 4.06. The van der Waals surface area contributed by atoms with E-state index in [-0.39, 0.29) is 0 Å². The van der Waals surface area contributed by atoms with Crippen LogP contribution < -0.4 is 0 Å². The van der Waals surface area contributed by atoms with E-state index in [9.17, 15) is 9.90 Å². The molecule has 0 amide bonds. The van der Waals surface area contributed by atoms with Gasteiger partial charge in [-0.2, -0.15) is 0 Å². The molecule has 1 atom stereocenters. The third-order valence-electron chi connectivity index (χ3n) is 2.73. The molecular formula is C12H14O3. The molecule has 0 radical (unpaired) electrons. The Morgan fingerprint density at radius 3 is 2.67 bits per heavy atom. The van der Waals surface area contributed by atoms with Crippen LogP contribution in [0.25, 0.3) is 0 Å². The van der Waals surface area contributed by atoms with Crippen LogP contribution in [0.15, 0.2) is 24.3 Å². The molecular weight excluding hydrogens is 192 g/mol. The Morgan fingerprint density at radius 1 is 1.40 bits per heavy atom. The van der Waals surface area contributed by atoms with Gasteiger partial charge < -0.3 is 9.84 Å². The highest BCUT2D eigenvalue weighted by atomic mass is 16.5. The first kappa shape index (κ1) is 10.3. The van der Waals surface area contributed by atoms with Crippen molar-refractivity contribution >= 4 is 6.29 Å². The molecule has 0 bridgehead atoms. The van der Waals surface area contributed by atoms with Crippen LogP contribution in [0.4, 0.5) is 0 Å². The molecule has 0 aromatic heterocycles. The molecule has 2 rings (SSSR count). The second-order valence-electron chi connectivity index (χ2n) is 4.06. The zero-order valence-electron chi connectivity index (χ0n) is 8.48. The fourth-order valence-corrected chi connectivity index (χ4v) is 1.83. The van der Waals surface area contributed by atoms with Crippen LogP contribution in [-0.4, -0.2) is 30.2 Å². The molecule has 0 aliphatic carbocycles. The fourth-order valence-electron chi connectivity index (χ4n) is 1.83. The lowest BCUT2D eigenvalue weighted by Gasteiger charge is -2.20. The average Bonchev–Trinajstić information content (AvgIpc) is 2.66. The molecule has 1 fully saturated rings. The summed E-state index contributed by atoms with van der Waals surface area (Å²) in [5.41, 5.74) is 0.977. The number of hydrogen-bond donors (Lipinski definition) is 1. The summed E-state index contributed by atoms with van der Waals surface area (Å²) >= 11 is 0. The third-order valence-corrected chi connectivity index (χ3v) is 2.73. The molecule has 0 saturated carbocycles. The summed E-state index contributed by atoms with van der Waals surface area (Å²) in [6, 6.07) is 7.28. The van der Waals surface area contributed by atoms with E-state index in [0.29, 0.717) is 31.6 Å². The number of benzene rings is 1. The predicted molar refractivity (Wildman–Crippen MR) is 55.9 cm³/mol. The lowest BCUT2D eigenvalue weighted by Crippen LogP contribution is -2.31. The largest absolute Gasteiger partial charge is 0.387 e. The van der Waals surface area contributed by atoms with Crippen LogP contribution >= 0.6 is 0 Å². The van der Waals surface area contributed by atoms with Crippen molar-refractivity contribution in [1.29, 1.82) is 0 Å². The minimum Gasteiger partial charge on any atom is -0.387 e. The van der Waals surface area contributed by atoms with Crippen LogP contribution in [0.5, 0.6) is 0 Å². The third kappa shape index (κ3) is 2.43. The number of ether oxygens (including phenoxy) is 1. The highest BCUT2D eigenvalue weighted by Gasteiger charge is 2.32. The van der Waals surface area contributed by atoms with Crippen LogP contribution in [0, 0.1) is 0 Å². The molecule has 0 spiro atoms. The normalized spacial score (nSPS) is 25.4. The molecule has 3 heteroatoms. The van der Waals surface area contributed by atoms with E-state index in [1.807, 2.05) is 12.1 Å². The fraction of sp³-hybridized carbons (Fsp3) is 0.417.